The van der Waals surface area contributed by atoms with Crippen LogP contribution in [0.1, 0.15) is 11.6 Å². The lowest BCUT2D eigenvalue weighted by atomic mass is 10.1. The summed E-state index contributed by atoms with van der Waals surface area (Å²) in [6, 6.07) is 13.1. The monoisotopic (exact) mass is 318 g/mol. The molecule has 0 bridgehead atoms. The highest BCUT2D eigenvalue weighted by molar-refractivity contribution is 7.89. The van der Waals surface area contributed by atoms with E-state index in [-0.39, 0.29) is 10.6 Å². The van der Waals surface area contributed by atoms with Crippen LogP contribution in [0.4, 0.5) is 5.69 Å². The molecular weight excluding hydrogens is 304 g/mol. The van der Waals surface area contributed by atoms with Crippen molar-refractivity contribution in [2.45, 2.75) is 10.9 Å². The van der Waals surface area contributed by atoms with Crippen LogP contribution in [-0.4, -0.2) is 13.3 Å². The van der Waals surface area contributed by atoms with Gasteiger partial charge in [0.25, 0.3) is 5.69 Å². The average Bonchev–Trinajstić information content (AvgIpc) is 2.53. The molecule has 0 unspecified atom stereocenters. The third-order valence-electron chi connectivity index (χ3n) is 3.03. The highest BCUT2D eigenvalue weighted by Gasteiger charge is 2.20. The van der Waals surface area contributed by atoms with Gasteiger partial charge in [-0.05, 0) is 17.7 Å². The first-order valence-electron chi connectivity index (χ1n) is 6.38. The van der Waals surface area contributed by atoms with E-state index in [0.717, 1.165) is 17.7 Å². The summed E-state index contributed by atoms with van der Waals surface area (Å²) in [5, 5.41) is 10.6. The van der Waals surface area contributed by atoms with Crippen molar-refractivity contribution >= 4 is 15.7 Å². The number of nitrogens with zero attached hydrogens (tertiary/aromatic N) is 1. The van der Waals surface area contributed by atoms with Gasteiger partial charge in [0.05, 0.1) is 15.9 Å². The van der Waals surface area contributed by atoms with Crippen LogP contribution >= 0.6 is 0 Å². The molecule has 0 amide bonds. The van der Waals surface area contributed by atoms with Gasteiger partial charge in [-0.1, -0.05) is 36.4 Å². The summed E-state index contributed by atoms with van der Waals surface area (Å²) in [5.74, 6) is 0. The van der Waals surface area contributed by atoms with Crippen LogP contribution in [0, 0.1) is 10.1 Å². The molecule has 0 aromatic heterocycles. The van der Waals surface area contributed by atoms with E-state index in [4.69, 9.17) is 0 Å². The van der Waals surface area contributed by atoms with E-state index in [0.29, 0.717) is 0 Å². The van der Waals surface area contributed by atoms with Crippen LogP contribution in [0.15, 0.2) is 72.1 Å². The molecule has 0 aliphatic rings. The van der Waals surface area contributed by atoms with Crippen molar-refractivity contribution in [1.82, 2.24) is 4.72 Å². The number of hydrogen-bond donors (Lipinski definition) is 1. The number of non-ortho nitro benzene ring substituents is 1. The molecule has 0 saturated carbocycles. The highest BCUT2D eigenvalue weighted by atomic mass is 32.2. The Morgan fingerprint density at radius 3 is 2.18 bits per heavy atom. The number of nitro groups is 1. The summed E-state index contributed by atoms with van der Waals surface area (Å²) >= 11 is 0. The summed E-state index contributed by atoms with van der Waals surface area (Å²) in [5.41, 5.74) is 0.588. The number of nitro benzene ring substituents is 1. The zero-order valence-corrected chi connectivity index (χ0v) is 12.4. The Morgan fingerprint density at radius 1 is 1.09 bits per heavy atom. The van der Waals surface area contributed by atoms with Crippen LogP contribution in [0.25, 0.3) is 0 Å². The molecule has 22 heavy (non-hydrogen) atoms. The van der Waals surface area contributed by atoms with Gasteiger partial charge in [0, 0.05) is 12.1 Å². The van der Waals surface area contributed by atoms with Gasteiger partial charge in [0.2, 0.25) is 10.0 Å². The van der Waals surface area contributed by atoms with Gasteiger partial charge < -0.3 is 0 Å². The minimum absolute atomic E-state index is 0.0409. The second-order valence-electron chi connectivity index (χ2n) is 4.50. The van der Waals surface area contributed by atoms with Gasteiger partial charge in [-0.2, -0.15) is 4.72 Å². The molecule has 6 nitrogen and oxygen atoms in total. The van der Waals surface area contributed by atoms with Crippen LogP contribution in [0.2, 0.25) is 0 Å². The Kier molecular flexibility index (Phi) is 4.69. The summed E-state index contributed by atoms with van der Waals surface area (Å²) < 4.78 is 27.2. The maximum Gasteiger partial charge on any atom is 0.269 e. The van der Waals surface area contributed by atoms with Crippen molar-refractivity contribution in [2.24, 2.45) is 0 Å². The van der Waals surface area contributed by atoms with E-state index in [2.05, 4.69) is 11.3 Å². The number of hydrogen-bond acceptors (Lipinski definition) is 4. The molecule has 0 spiro atoms. The smallest absolute Gasteiger partial charge is 0.258 e. The minimum atomic E-state index is -3.81. The van der Waals surface area contributed by atoms with E-state index in [1.54, 1.807) is 24.3 Å². The quantitative estimate of drug-likeness (QED) is 0.504. The molecule has 0 heterocycles. The summed E-state index contributed by atoms with van der Waals surface area (Å²) in [6.07, 6.45) is 1.48. The molecule has 1 atom stereocenters. The van der Waals surface area contributed by atoms with Crippen molar-refractivity contribution in [2.75, 3.05) is 0 Å². The molecule has 0 fully saturated rings. The van der Waals surface area contributed by atoms with Crippen LogP contribution in [0.5, 0.6) is 0 Å². The standard InChI is InChI=1S/C15H14N2O4S/c1-2-15(12-6-4-3-5-7-12)16-22(20,21)14-10-8-13(9-11-14)17(18)19/h2-11,15-16H,1H2/t15-/m0/s1. The number of sulfonamides is 1. The fourth-order valence-electron chi connectivity index (χ4n) is 1.89. The normalized spacial score (nSPS) is 12.5. The molecule has 7 heteroatoms. The fourth-order valence-corrected chi connectivity index (χ4v) is 3.09. The van der Waals surface area contributed by atoms with Crippen molar-refractivity contribution in [3.63, 3.8) is 0 Å². The molecule has 2 aromatic carbocycles. The zero-order valence-electron chi connectivity index (χ0n) is 11.5. The summed E-state index contributed by atoms with van der Waals surface area (Å²) in [6.45, 7) is 3.64. The number of nitrogens with one attached hydrogen (secondary N) is 1. The largest absolute Gasteiger partial charge is 0.269 e. The molecule has 114 valence electrons. The average molecular weight is 318 g/mol. The Hall–Kier alpha value is -2.51. The first kappa shape index (κ1) is 15.9. The predicted molar refractivity (Wildman–Crippen MR) is 82.8 cm³/mol. The van der Waals surface area contributed by atoms with Gasteiger partial charge in [0.1, 0.15) is 0 Å². The lowest BCUT2D eigenvalue weighted by Crippen LogP contribution is -2.27. The molecular formula is C15H14N2O4S. The van der Waals surface area contributed by atoms with Gasteiger partial charge in [0.15, 0.2) is 0 Å². The Labute approximate surface area is 128 Å². The number of benzene rings is 2. The third kappa shape index (κ3) is 3.57. The second-order valence-corrected chi connectivity index (χ2v) is 6.21. The van der Waals surface area contributed by atoms with Gasteiger partial charge in [-0.15, -0.1) is 6.58 Å². The van der Waals surface area contributed by atoms with Crippen molar-refractivity contribution in [3.8, 4) is 0 Å². The fraction of sp³-hybridized carbons (Fsp3) is 0.0667. The van der Waals surface area contributed by atoms with E-state index in [1.807, 2.05) is 6.07 Å². The molecule has 0 aliphatic heterocycles. The van der Waals surface area contributed by atoms with Crippen molar-refractivity contribution in [1.29, 1.82) is 0 Å². The molecule has 2 aromatic rings. The molecule has 1 N–H and O–H groups in total. The van der Waals surface area contributed by atoms with E-state index in [9.17, 15) is 18.5 Å². The third-order valence-corrected chi connectivity index (χ3v) is 4.49. The molecule has 0 radical (unpaired) electrons. The topological polar surface area (TPSA) is 89.3 Å². The van der Waals surface area contributed by atoms with Crippen LogP contribution in [0.3, 0.4) is 0 Å². The lowest BCUT2D eigenvalue weighted by Gasteiger charge is -2.15. The van der Waals surface area contributed by atoms with Crippen molar-refractivity contribution in [3.05, 3.63) is 82.9 Å². The molecule has 0 aliphatic carbocycles. The maximum absolute atomic E-state index is 12.3. The SMILES string of the molecule is C=C[C@H](NS(=O)(=O)c1ccc([N+](=O)[O-])cc1)c1ccccc1. The van der Waals surface area contributed by atoms with Gasteiger partial charge >= 0.3 is 0 Å². The summed E-state index contributed by atoms with van der Waals surface area (Å²) in [7, 11) is -3.81. The van der Waals surface area contributed by atoms with E-state index >= 15 is 0 Å². The first-order valence-corrected chi connectivity index (χ1v) is 7.86. The first-order chi connectivity index (χ1) is 10.4. The van der Waals surface area contributed by atoms with Gasteiger partial charge in [-0.3, -0.25) is 10.1 Å². The second kappa shape index (κ2) is 6.50. The van der Waals surface area contributed by atoms with Gasteiger partial charge in [-0.25, -0.2) is 8.42 Å². The Bertz CT molecular complexity index is 771. The van der Waals surface area contributed by atoms with Crippen molar-refractivity contribution < 1.29 is 13.3 Å². The van der Waals surface area contributed by atoms with E-state index in [1.165, 1.54) is 18.2 Å². The Balaban J connectivity index is 2.26. The Morgan fingerprint density at radius 2 is 1.68 bits per heavy atom. The minimum Gasteiger partial charge on any atom is -0.258 e. The highest BCUT2D eigenvalue weighted by Crippen LogP contribution is 2.20. The zero-order chi connectivity index (χ0) is 16.2. The maximum atomic E-state index is 12.3. The predicted octanol–water partition coefficient (Wildman–Crippen LogP) is 2.80. The van der Waals surface area contributed by atoms with Crippen LogP contribution < -0.4 is 4.72 Å². The van der Waals surface area contributed by atoms with E-state index < -0.39 is 21.0 Å². The number of rotatable bonds is 6. The lowest BCUT2D eigenvalue weighted by molar-refractivity contribution is -0.384. The summed E-state index contributed by atoms with van der Waals surface area (Å²) in [4.78, 5) is 9.97. The molecule has 0 saturated heterocycles. The molecule has 2 rings (SSSR count). The van der Waals surface area contributed by atoms with Crippen LogP contribution in [-0.2, 0) is 10.0 Å².